The summed E-state index contributed by atoms with van der Waals surface area (Å²) in [5, 5.41) is 2.87. The van der Waals surface area contributed by atoms with E-state index in [2.05, 4.69) is 36.4 Å². The van der Waals surface area contributed by atoms with Gasteiger partial charge in [0.1, 0.15) is 36.6 Å². The summed E-state index contributed by atoms with van der Waals surface area (Å²) >= 11 is 6.10. The Morgan fingerprint density at radius 3 is 2.32 bits per heavy atom. The highest BCUT2D eigenvalue weighted by Gasteiger charge is 2.30. The lowest BCUT2D eigenvalue weighted by atomic mass is 10.1. The number of nitrogens with zero attached hydrogens (tertiary/aromatic N) is 1. The Bertz CT molecular complexity index is 1150. The topological polar surface area (TPSA) is 22.4 Å². The van der Waals surface area contributed by atoms with E-state index in [1.54, 1.807) is 0 Å². The molecule has 162 valence electrons. The van der Waals surface area contributed by atoms with Gasteiger partial charge in [-0.15, -0.1) is 0 Å². The van der Waals surface area contributed by atoms with Crippen molar-refractivity contribution in [3.63, 3.8) is 0 Å². The second-order valence-electron chi connectivity index (χ2n) is 8.47. The molecule has 2 heterocycles. The molecule has 0 amide bonds. The van der Waals surface area contributed by atoms with Gasteiger partial charge >= 0.3 is 0 Å². The van der Waals surface area contributed by atoms with Crippen molar-refractivity contribution in [1.82, 2.24) is 0 Å². The van der Waals surface area contributed by atoms with E-state index in [1.807, 2.05) is 30.3 Å². The molecular weight excluding hydrogens is 429 g/mol. The zero-order valence-electron chi connectivity index (χ0n) is 17.5. The average Bonchev–Trinajstić information content (AvgIpc) is 3.11. The Labute approximate surface area is 194 Å². The fourth-order valence-electron chi connectivity index (χ4n) is 4.79. The minimum absolute atomic E-state index is 0. The number of hydrogen-bond acceptors (Lipinski definition) is 2. The third-order valence-corrected chi connectivity index (χ3v) is 6.60. The maximum Gasteiger partial charge on any atom is 0.139 e. The zero-order valence-corrected chi connectivity index (χ0v) is 19.0. The molecule has 5 heteroatoms. The average molecular weight is 456 g/mol. The molecule has 31 heavy (non-hydrogen) atoms. The summed E-state index contributed by atoms with van der Waals surface area (Å²) in [6, 6.07) is 22.8. The van der Waals surface area contributed by atoms with E-state index in [-0.39, 0.29) is 12.4 Å². The van der Waals surface area contributed by atoms with Gasteiger partial charge in [-0.2, -0.15) is 0 Å². The molecule has 1 aromatic heterocycles. The summed E-state index contributed by atoms with van der Waals surface area (Å²) in [6.45, 7) is 5.31. The molecule has 1 saturated heterocycles. The molecule has 3 nitrogen and oxygen atoms in total. The summed E-state index contributed by atoms with van der Waals surface area (Å²) in [5.74, 6) is 0.863. The smallest absolute Gasteiger partial charge is 0.139 e. The van der Waals surface area contributed by atoms with Gasteiger partial charge in [0.05, 0.1) is 13.1 Å². The maximum absolute atomic E-state index is 6.20. The number of rotatable bonds is 6. The highest BCUT2D eigenvalue weighted by atomic mass is 35.5. The predicted molar refractivity (Wildman–Crippen MR) is 123 cm³/mol. The number of quaternary nitrogens is 1. The lowest BCUT2D eigenvalue weighted by molar-refractivity contribution is -0.945. The largest absolute Gasteiger partial charge is 1.00 e. The van der Waals surface area contributed by atoms with E-state index < -0.39 is 0 Å². The van der Waals surface area contributed by atoms with Crippen LogP contribution in [0.1, 0.15) is 24.8 Å². The lowest BCUT2D eigenvalue weighted by Gasteiger charge is -2.41. The van der Waals surface area contributed by atoms with E-state index in [0.29, 0.717) is 11.6 Å². The minimum atomic E-state index is 0. The molecule has 5 rings (SSSR count). The quantitative estimate of drug-likeness (QED) is 0.412. The van der Waals surface area contributed by atoms with Gasteiger partial charge in [-0.1, -0.05) is 41.9 Å². The van der Waals surface area contributed by atoms with Crippen molar-refractivity contribution in [2.45, 2.75) is 25.8 Å². The van der Waals surface area contributed by atoms with Crippen molar-refractivity contribution >= 4 is 33.5 Å². The molecule has 1 aliphatic rings. The first-order chi connectivity index (χ1) is 14.7. The number of fused-ring (bicyclic) bond motifs is 3. The van der Waals surface area contributed by atoms with Crippen LogP contribution >= 0.6 is 11.6 Å². The number of benzene rings is 3. The number of hydrogen-bond donors (Lipinski definition) is 0. The van der Waals surface area contributed by atoms with Gasteiger partial charge in [-0.25, -0.2) is 0 Å². The summed E-state index contributed by atoms with van der Waals surface area (Å²) in [4.78, 5) is 0. The standard InChI is InChI=1S/C26H27ClNO2.ClH/c27-21-9-11-23-24-12-10-22(18-26(24)30-25(23)17-21)29-16-15-28(13-5-2-6-14-28)19-20-7-3-1-4-8-20;/h1,3-4,7-12,17-18H,2,5-6,13-16,19H2;1H/q+1;/p-1. The lowest BCUT2D eigenvalue weighted by Crippen LogP contribution is -3.00. The van der Waals surface area contributed by atoms with Crippen LogP contribution in [0.4, 0.5) is 0 Å². The Morgan fingerprint density at radius 2 is 1.55 bits per heavy atom. The molecule has 0 aliphatic carbocycles. The first kappa shape index (κ1) is 22.0. The van der Waals surface area contributed by atoms with Gasteiger partial charge in [-0.3, -0.25) is 0 Å². The molecule has 0 spiro atoms. The number of halogens is 2. The van der Waals surface area contributed by atoms with E-state index in [0.717, 1.165) is 45.3 Å². The summed E-state index contributed by atoms with van der Waals surface area (Å²) in [6.07, 6.45) is 3.96. The van der Waals surface area contributed by atoms with Gasteiger partial charge in [0.2, 0.25) is 0 Å². The van der Waals surface area contributed by atoms with Crippen molar-refractivity contribution in [2.24, 2.45) is 0 Å². The molecule has 0 bridgehead atoms. The number of piperidine rings is 1. The van der Waals surface area contributed by atoms with Crippen LogP contribution in [0.25, 0.3) is 21.9 Å². The Kier molecular flexibility index (Phi) is 6.76. The third kappa shape index (κ3) is 4.85. The van der Waals surface area contributed by atoms with Crippen LogP contribution in [0, 0.1) is 0 Å². The number of furan rings is 1. The Hall–Kier alpha value is -2.20. The first-order valence-electron chi connectivity index (χ1n) is 10.8. The number of likely N-dealkylation sites (tertiary alicyclic amines) is 1. The summed E-state index contributed by atoms with van der Waals surface area (Å²) in [5.41, 5.74) is 3.08. The highest BCUT2D eigenvalue weighted by molar-refractivity contribution is 6.31. The molecule has 0 radical (unpaired) electrons. The van der Waals surface area contributed by atoms with E-state index in [4.69, 9.17) is 20.8 Å². The fourth-order valence-corrected chi connectivity index (χ4v) is 4.95. The third-order valence-electron chi connectivity index (χ3n) is 6.37. The molecule has 0 atom stereocenters. The van der Waals surface area contributed by atoms with Crippen LogP contribution in [-0.2, 0) is 6.54 Å². The minimum Gasteiger partial charge on any atom is -1.00 e. The fraction of sp³-hybridized carbons (Fsp3) is 0.308. The van der Waals surface area contributed by atoms with Crippen LogP contribution in [0.3, 0.4) is 0 Å². The molecule has 4 aromatic rings. The van der Waals surface area contributed by atoms with Crippen molar-refractivity contribution in [3.05, 3.63) is 77.3 Å². The summed E-state index contributed by atoms with van der Waals surface area (Å²) in [7, 11) is 0. The second kappa shape index (κ2) is 9.52. The molecule has 3 aromatic carbocycles. The first-order valence-corrected chi connectivity index (χ1v) is 11.2. The zero-order chi connectivity index (χ0) is 20.4. The normalized spacial score (nSPS) is 15.6. The van der Waals surface area contributed by atoms with E-state index >= 15 is 0 Å². The Balaban J connectivity index is 0.00000231. The van der Waals surface area contributed by atoms with Gasteiger partial charge in [0.25, 0.3) is 0 Å². The Morgan fingerprint density at radius 1 is 0.839 bits per heavy atom. The molecule has 0 saturated carbocycles. The molecule has 0 N–H and O–H groups in total. The molecular formula is C26H27Cl2NO2. The van der Waals surface area contributed by atoms with Gasteiger partial charge in [-0.05, 0) is 43.5 Å². The summed E-state index contributed by atoms with van der Waals surface area (Å²) < 4.78 is 13.3. The van der Waals surface area contributed by atoms with Crippen molar-refractivity contribution < 1.29 is 26.0 Å². The predicted octanol–water partition coefficient (Wildman–Crippen LogP) is 3.82. The van der Waals surface area contributed by atoms with Gasteiger partial charge < -0.3 is 26.0 Å². The van der Waals surface area contributed by atoms with Crippen molar-refractivity contribution in [2.75, 3.05) is 26.2 Å². The molecule has 0 unspecified atom stereocenters. The van der Waals surface area contributed by atoms with E-state index in [9.17, 15) is 0 Å². The molecule has 1 aliphatic heterocycles. The van der Waals surface area contributed by atoms with Crippen molar-refractivity contribution in [3.8, 4) is 5.75 Å². The van der Waals surface area contributed by atoms with Gasteiger partial charge in [0, 0.05) is 33.5 Å². The SMILES string of the molecule is Clc1ccc2c(c1)oc1cc(OCC[N+]3(Cc4ccccc4)CCCCC3)ccc12.[Cl-]. The highest BCUT2D eigenvalue weighted by Crippen LogP contribution is 2.33. The molecule has 1 fully saturated rings. The second-order valence-corrected chi connectivity index (χ2v) is 8.90. The van der Waals surface area contributed by atoms with E-state index in [1.165, 1.54) is 37.9 Å². The van der Waals surface area contributed by atoms with Crippen LogP contribution in [0.15, 0.2) is 71.1 Å². The maximum atomic E-state index is 6.20. The van der Waals surface area contributed by atoms with Gasteiger partial charge in [0.15, 0.2) is 0 Å². The van der Waals surface area contributed by atoms with Crippen molar-refractivity contribution in [1.29, 1.82) is 0 Å². The van der Waals surface area contributed by atoms with Crippen LogP contribution in [0.5, 0.6) is 5.75 Å². The van der Waals surface area contributed by atoms with Crippen LogP contribution in [0.2, 0.25) is 5.02 Å². The van der Waals surface area contributed by atoms with Crippen LogP contribution in [-0.4, -0.2) is 30.7 Å². The van der Waals surface area contributed by atoms with Crippen LogP contribution < -0.4 is 17.1 Å². The number of ether oxygens (including phenoxy) is 1. The monoisotopic (exact) mass is 455 g/mol.